The average Bonchev–Trinajstić information content (AvgIpc) is 2.30. The Hall–Kier alpha value is -0.660. The van der Waals surface area contributed by atoms with E-state index in [4.69, 9.17) is 4.74 Å². The van der Waals surface area contributed by atoms with Crippen LogP contribution in [0.5, 0.6) is 0 Å². The van der Waals surface area contributed by atoms with E-state index in [-0.39, 0.29) is 0 Å². The highest BCUT2D eigenvalue weighted by atomic mass is 19.3. The van der Waals surface area contributed by atoms with Crippen molar-refractivity contribution in [2.24, 2.45) is 0 Å². The summed E-state index contributed by atoms with van der Waals surface area (Å²) in [7, 11) is 0. The fraction of sp³-hybridized carbons (Fsp3) is 0.846. The average molecular weight is 247 g/mol. The minimum Gasteiger partial charge on any atom is -0.375 e. The molecule has 0 rings (SSSR count). The number of hydrogen-bond acceptors (Lipinski definition) is 2. The van der Waals surface area contributed by atoms with Crippen molar-refractivity contribution >= 4 is 0 Å². The number of halogens is 2. The molecule has 0 saturated heterocycles. The third-order valence-corrected chi connectivity index (χ3v) is 2.33. The lowest BCUT2D eigenvalue weighted by atomic mass is 10.1. The summed E-state index contributed by atoms with van der Waals surface area (Å²) in [5, 5.41) is 3.38. The maximum Gasteiger partial charge on any atom is 0.261 e. The Bertz CT molecular complexity index is 223. The van der Waals surface area contributed by atoms with Crippen molar-refractivity contribution in [1.82, 2.24) is 5.32 Å². The van der Waals surface area contributed by atoms with Crippen LogP contribution >= 0.6 is 0 Å². The Kier molecular flexibility index (Phi) is 11.4. The Morgan fingerprint density at radius 2 is 2.06 bits per heavy atom. The fourth-order valence-corrected chi connectivity index (χ4v) is 1.47. The SMILES string of the molecule is CC#CCCC(CCOCC(F)F)NCCC. The zero-order chi connectivity index (χ0) is 12.9. The van der Waals surface area contributed by atoms with Crippen LogP contribution in [0.15, 0.2) is 0 Å². The molecule has 1 unspecified atom stereocenters. The number of hydrogen-bond donors (Lipinski definition) is 1. The van der Waals surface area contributed by atoms with Gasteiger partial charge >= 0.3 is 0 Å². The van der Waals surface area contributed by atoms with Crippen LogP contribution in [0.3, 0.4) is 0 Å². The Labute approximate surface area is 103 Å². The van der Waals surface area contributed by atoms with Gasteiger partial charge in [-0.15, -0.1) is 11.8 Å². The summed E-state index contributed by atoms with van der Waals surface area (Å²) in [6.45, 7) is 4.78. The summed E-state index contributed by atoms with van der Waals surface area (Å²) in [5.74, 6) is 5.87. The lowest BCUT2D eigenvalue weighted by Crippen LogP contribution is -2.31. The van der Waals surface area contributed by atoms with E-state index in [1.54, 1.807) is 0 Å². The van der Waals surface area contributed by atoms with Crippen molar-refractivity contribution in [3.63, 3.8) is 0 Å². The second-order valence-corrected chi connectivity index (χ2v) is 3.87. The lowest BCUT2D eigenvalue weighted by molar-refractivity contribution is 0.0142. The van der Waals surface area contributed by atoms with Gasteiger partial charge in [0.15, 0.2) is 0 Å². The Morgan fingerprint density at radius 3 is 2.65 bits per heavy atom. The first-order chi connectivity index (χ1) is 8.20. The molecule has 1 N–H and O–H groups in total. The summed E-state index contributed by atoms with van der Waals surface area (Å²) in [6, 6.07) is 0.313. The number of ether oxygens (including phenoxy) is 1. The molecule has 0 fully saturated rings. The van der Waals surface area contributed by atoms with Crippen LogP contribution in [0.1, 0.15) is 39.5 Å². The summed E-state index contributed by atoms with van der Waals surface area (Å²) >= 11 is 0. The van der Waals surface area contributed by atoms with E-state index in [0.717, 1.165) is 32.2 Å². The summed E-state index contributed by atoms with van der Waals surface area (Å²) < 4.78 is 28.6. The molecule has 0 aromatic heterocycles. The maximum absolute atomic E-state index is 11.9. The third kappa shape index (κ3) is 11.6. The molecule has 4 heteroatoms. The first-order valence-corrected chi connectivity index (χ1v) is 6.19. The standard InChI is InChI=1S/C13H23F2NO/c1-3-5-6-7-12(16-9-4-2)8-10-17-11-13(14)15/h12-13,16H,4,6-11H2,1-2H3. The van der Waals surface area contributed by atoms with E-state index in [9.17, 15) is 8.78 Å². The van der Waals surface area contributed by atoms with E-state index in [0.29, 0.717) is 12.6 Å². The van der Waals surface area contributed by atoms with Gasteiger partial charge in [-0.25, -0.2) is 8.78 Å². The molecule has 100 valence electrons. The molecule has 0 bridgehead atoms. The third-order valence-electron chi connectivity index (χ3n) is 2.33. The van der Waals surface area contributed by atoms with E-state index in [2.05, 4.69) is 24.1 Å². The van der Waals surface area contributed by atoms with E-state index in [1.807, 2.05) is 6.92 Å². The second-order valence-electron chi connectivity index (χ2n) is 3.87. The molecular formula is C13H23F2NO. The predicted molar refractivity (Wildman–Crippen MR) is 66.2 cm³/mol. The van der Waals surface area contributed by atoms with Gasteiger partial charge in [0.25, 0.3) is 6.43 Å². The van der Waals surface area contributed by atoms with Gasteiger partial charge in [-0.3, -0.25) is 0 Å². The zero-order valence-corrected chi connectivity index (χ0v) is 10.8. The van der Waals surface area contributed by atoms with Gasteiger partial charge in [0, 0.05) is 19.1 Å². The quantitative estimate of drug-likeness (QED) is 0.473. The molecule has 1 atom stereocenters. The highest BCUT2D eigenvalue weighted by Crippen LogP contribution is 2.03. The Balaban J connectivity index is 3.70. The summed E-state index contributed by atoms with van der Waals surface area (Å²) in [6.07, 6.45) is 1.24. The summed E-state index contributed by atoms with van der Waals surface area (Å²) in [4.78, 5) is 0. The second kappa shape index (κ2) is 11.8. The maximum atomic E-state index is 11.9. The molecular weight excluding hydrogens is 224 g/mol. The normalized spacial score (nSPS) is 12.3. The van der Waals surface area contributed by atoms with Crippen LogP contribution < -0.4 is 5.32 Å². The number of rotatable bonds is 10. The van der Waals surface area contributed by atoms with E-state index in [1.165, 1.54) is 0 Å². The smallest absolute Gasteiger partial charge is 0.261 e. The van der Waals surface area contributed by atoms with Crippen molar-refractivity contribution in [2.45, 2.75) is 52.0 Å². The molecule has 17 heavy (non-hydrogen) atoms. The highest BCUT2D eigenvalue weighted by Gasteiger charge is 2.08. The van der Waals surface area contributed by atoms with Crippen molar-refractivity contribution in [2.75, 3.05) is 19.8 Å². The topological polar surface area (TPSA) is 21.3 Å². The first kappa shape index (κ1) is 16.3. The zero-order valence-electron chi connectivity index (χ0n) is 10.8. The van der Waals surface area contributed by atoms with Crippen molar-refractivity contribution in [3.05, 3.63) is 0 Å². The van der Waals surface area contributed by atoms with Crippen LogP contribution in [0, 0.1) is 11.8 Å². The van der Waals surface area contributed by atoms with Crippen molar-refractivity contribution < 1.29 is 13.5 Å². The highest BCUT2D eigenvalue weighted by molar-refractivity contribution is 4.95. The molecule has 0 aliphatic rings. The molecule has 0 aromatic rings. The van der Waals surface area contributed by atoms with Crippen molar-refractivity contribution in [1.29, 1.82) is 0 Å². The molecule has 0 amide bonds. The molecule has 0 radical (unpaired) electrons. The minimum absolute atomic E-state index is 0.313. The monoisotopic (exact) mass is 247 g/mol. The predicted octanol–water partition coefficient (Wildman–Crippen LogP) is 2.83. The van der Waals surface area contributed by atoms with Crippen LogP contribution in [0.2, 0.25) is 0 Å². The van der Waals surface area contributed by atoms with E-state index >= 15 is 0 Å². The van der Waals surface area contributed by atoms with Gasteiger partial charge in [-0.1, -0.05) is 6.92 Å². The lowest BCUT2D eigenvalue weighted by Gasteiger charge is -2.17. The van der Waals surface area contributed by atoms with Gasteiger partial charge in [-0.05, 0) is 32.7 Å². The van der Waals surface area contributed by atoms with Crippen molar-refractivity contribution in [3.8, 4) is 11.8 Å². The first-order valence-electron chi connectivity index (χ1n) is 6.19. The Morgan fingerprint density at radius 1 is 1.29 bits per heavy atom. The van der Waals surface area contributed by atoms with Gasteiger partial charge in [0.05, 0.1) is 0 Å². The molecule has 2 nitrogen and oxygen atoms in total. The molecule has 0 spiro atoms. The van der Waals surface area contributed by atoms with Gasteiger partial charge in [0.1, 0.15) is 6.61 Å². The van der Waals surface area contributed by atoms with Gasteiger partial charge in [-0.2, -0.15) is 0 Å². The van der Waals surface area contributed by atoms with Crippen LogP contribution in [0.4, 0.5) is 8.78 Å². The number of nitrogens with one attached hydrogen (secondary N) is 1. The van der Waals surface area contributed by atoms with E-state index < -0.39 is 13.0 Å². The number of alkyl halides is 2. The van der Waals surface area contributed by atoms with Crippen LogP contribution in [0.25, 0.3) is 0 Å². The van der Waals surface area contributed by atoms with Gasteiger partial charge < -0.3 is 10.1 Å². The van der Waals surface area contributed by atoms with Gasteiger partial charge in [0.2, 0.25) is 0 Å². The fourth-order valence-electron chi connectivity index (χ4n) is 1.47. The van der Waals surface area contributed by atoms with Crippen LogP contribution in [-0.2, 0) is 4.74 Å². The summed E-state index contributed by atoms with van der Waals surface area (Å²) in [5.41, 5.74) is 0. The molecule has 0 aromatic carbocycles. The molecule has 0 aliphatic carbocycles. The minimum atomic E-state index is -2.37. The molecule has 0 saturated carbocycles. The molecule has 0 aliphatic heterocycles. The van der Waals surface area contributed by atoms with Crippen LogP contribution in [-0.4, -0.2) is 32.2 Å². The molecule has 0 heterocycles. The largest absolute Gasteiger partial charge is 0.375 e.